The topological polar surface area (TPSA) is 39.4 Å². The summed E-state index contributed by atoms with van der Waals surface area (Å²) < 4.78 is 9.91. The SMILES string of the molecule is CCOC.O=Cc1cc2ccc(C3CC3)cc2o1. The third-order valence-corrected chi connectivity index (χ3v) is 3.02. The van der Waals surface area contributed by atoms with Gasteiger partial charge in [0.25, 0.3) is 0 Å². The highest BCUT2D eigenvalue weighted by Crippen LogP contribution is 2.41. The molecule has 0 saturated heterocycles. The number of aldehydes is 1. The summed E-state index contributed by atoms with van der Waals surface area (Å²) >= 11 is 0. The molecule has 0 atom stereocenters. The fraction of sp³-hybridized carbons (Fsp3) is 0.400. The van der Waals surface area contributed by atoms with Gasteiger partial charge < -0.3 is 9.15 Å². The Kier molecular flexibility index (Phi) is 4.15. The predicted octanol–water partition coefficient (Wildman–Crippen LogP) is 3.78. The first-order valence-electron chi connectivity index (χ1n) is 6.26. The van der Waals surface area contributed by atoms with Crippen LogP contribution in [0.15, 0.2) is 28.7 Å². The lowest BCUT2D eigenvalue weighted by Crippen LogP contribution is -1.76. The average Bonchev–Trinajstić information content (AvgIpc) is 3.18. The van der Waals surface area contributed by atoms with Crippen molar-refractivity contribution in [3.8, 4) is 0 Å². The number of hydrogen-bond acceptors (Lipinski definition) is 3. The van der Waals surface area contributed by atoms with Gasteiger partial charge >= 0.3 is 0 Å². The van der Waals surface area contributed by atoms with E-state index in [0.29, 0.717) is 5.76 Å². The van der Waals surface area contributed by atoms with Gasteiger partial charge in [0.2, 0.25) is 0 Å². The van der Waals surface area contributed by atoms with Crippen LogP contribution in [0, 0.1) is 0 Å². The molecule has 0 amide bonds. The van der Waals surface area contributed by atoms with Crippen LogP contribution in [-0.2, 0) is 4.74 Å². The lowest BCUT2D eigenvalue weighted by atomic mass is 10.1. The second-order valence-electron chi connectivity index (χ2n) is 4.42. The normalized spacial score (nSPS) is 14.1. The first-order valence-corrected chi connectivity index (χ1v) is 6.26. The molecule has 0 unspecified atom stereocenters. The maximum atomic E-state index is 10.5. The van der Waals surface area contributed by atoms with Gasteiger partial charge in [-0.05, 0) is 43.4 Å². The summed E-state index contributed by atoms with van der Waals surface area (Å²) in [6.07, 6.45) is 3.32. The molecule has 3 heteroatoms. The van der Waals surface area contributed by atoms with Crippen molar-refractivity contribution >= 4 is 17.3 Å². The third-order valence-electron chi connectivity index (χ3n) is 3.02. The number of furan rings is 1. The molecule has 1 aliphatic carbocycles. The van der Waals surface area contributed by atoms with E-state index in [9.17, 15) is 4.79 Å². The molecule has 0 bridgehead atoms. The molecule has 0 spiro atoms. The zero-order valence-electron chi connectivity index (χ0n) is 10.8. The summed E-state index contributed by atoms with van der Waals surface area (Å²) in [6, 6.07) is 7.99. The second kappa shape index (κ2) is 5.83. The third kappa shape index (κ3) is 2.99. The minimum absolute atomic E-state index is 0.410. The van der Waals surface area contributed by atoms with Gasteiger partial charge in [-0.2, -0.15) is 0 Å². The van der Waals surface area contributed by atoms with Crippen molar-refractivity contribution in [1.82, 2.24) is 0 Å². The molecular weight excluding hydrogens is 228 g/mol. The molecule has 3 nitrogen and oxygen atoms in total. The van der Waals surface area contributed by atoms with Crippen molar-refractivity contribution in [2.45, 2.75) is 25.7 Å². The van der Waals surface area contributed by atoms with E-state index >= 15 is 0 Å². The summed E-state index contributed by atoms with van der Waals surface area (Å²) in [4.78, 5) is 10.5. The molecule has 1 saturated carbocycles. The molecule has 2 aromatic rings. The standard InChI is InChI=1S/C12H10O2.C3H8O/c13-7-11-5-10-4-3-9(8-1-2-8)6-12(10)14-11;1-3-4-2/h3-8H,1-2H2;3H2,1-2H3. The maximum absolute atomic E-state index is 10.5. The minimum Gasteiger partial charge on any atom is -0.453 e. The van der Waals surface area contributed by atoms with E-state index in [-0.39, 0.29) is 0 Å². The Balaban J connectivity index is 0.000000267. The van der Waals surface area contributed by atoms with Gasteiger partial charge in [0.15, 0.2) is 12.0 Å². The minimum atomic E-state index is 0.410. The highest BCUT2D eigenvalue weighted by Gasteiger charge is 2.23. The molecule has 96 valence electrons. The van der Waals surface area contributed by atoms with Crippen LogP contribution in [0.5, 0.6) is 0 Å². The van der Waals surface area contributed by atoms with E-state index in [4.69, 9.17) is 4.42 Å². The Morgan fingerprint density at radius 1 is 1.39 bits per heavy atom. The van der Waals surface area contributed by atoms with Crippen LogP contribution in [0.25, 0.3) is 11.0 Å². The van der Waals surface area contributed by atoms with Gasteiger partial charge in [0, 0.05) is 19.1 Å². The van der Waals surface area contributed by atoms with Gasteiger partial charge in [0.05, 0.1) is 0 Å². The monoisotopic (exact) mass is 246 g/mol. The molecule has 1 heterocycles. The van der Waals surface area contributed by atoms with Crippen LogP contribution in [0.4, 0.5) is 0 Å². The average molecular weight is 246 g/mol. The molecule has 0 radical (unpaired) electrons. The van der Waals surface area contributed by atoms with E-state index in [1.54, 1.807) is 13.2 Å². The van der Waals surface area contributed by atoms with Crippen molar-refractivity contribution in [2.75, 3.05) is 13.7 Å². The Hall–Kier alpha value is -1.61. The highest BCUT2D eigenvalue weighted by molar-refractivity contribution is 5.85. The van der Waals surface area contributed by atoms with Crippen molar-refractivity contribution < 1.29 is 13.9 Å². The molecule has 3 rings (SSSR count). The molecule has 0 N–H and O–H groups in total. The zero-order chi connectivity index (χ0) is 13.0. The van der Waals surface area contributed by atoms with Gasteiger partial charge in [-0.25, -0.2) is 0 Å². The number of hydrogen-bond donors (Lipinski definition) is 0. The number of benzene rings is 1. The van der Waals surface area contributed by atoms with E-state index in [2.05, 4.69) is 16.9 Å². The lowest BCUT2D eigenvalue weighted by Gasteiger charge is -1.95. The fourth-order valence-corrected chi connectivity index (χ4v) is 1.80. The first-order chi connectivity index (χ1) is 8.78. The predicted molar refractivity (Wildman–Crippen MR) is 71.1 cm³/mol. The van der Waals surface area contributed by atoms with E-state index in [1.165, 1.54) is 18.4 Å². The van der Waals surface area contributed by atoms with Crippen molar-refractivity contribution in [3.63, 3.8) is 0 Å². The quantitative estimate of drug-likeness (QED) is 0.774. The molecule has 0 aliphatic heterocycles. The Morgan fingerprint density at radius 2 is 2.11 bits per heavy atom. The summed E-state index contributed by atoms with van der Waals surface area (Å²) in [5.41, 5.74) is 2.17. The van der Waals surface area contributed by atoms with Crippen molar-refractivity contribution in [3.05, 3.63) is 35.6 Å². The van der Waals surface area contributed by atoms with E-state index in [1.807, 2.05) is 13.0 Å². The molecule has 1 aliphatic rings. The zero-order valence-corrected chi connectivity index (χ0v) is 10.8. The first kappa shape index (κ1) is 12.8. The smallest absolute Gasteiger partial charge is 0.185 e. The fourth-order valence-electron chi connectivity index (χ4n) is 1.80. The second-order valence-corrected chi connectivity index (χ2v) is 4.42. The number of carbonyl (C=O) groups is 1. The molecule has 1 aromatic heterocycles. The maximum Gasteiger partial charge on any atom is 0.185 e. The van der Waals surface area contributed by atoms with Crippen molar-refractivity contribution in [1.29, 1.82) is 0 Å². The number of ether oxygens (including phenoxy) is 1. The van der Waals surface area contributed by atoms with E-state index < -0.39 is 0 Å². The molecule has 1 aromatic carbocycles. The van der Waals surface area contributed by atoms with Gasteiger partial charge in [-0.1, -0.05) is 12.1 Å². The van der Waals surface area contributed by atoms with Gasteiger partial charge in [0.1, 0.15) is 5.58 Å². The summed E-state index contributed by atoms with van der Waals surface area (Å²) in [6.45, 7) is 2.78. The molecule has 1 fully saturated rings. The summed E-state index contributed by atoms with van der Waals surface area (Å²) in [5, 5.41) is 1.01. The number of fused-ring (bicyclic) bond motifs is 1. The molecule has 18 heavy (non-hydrogen) atoms. The lowest BCUT2D eigenvalue weighted by molar-refractivity contribution is 0.110. The van der Waals surface area contributed by atoms with Gasteiger partial charge in [-0.3, -0.25) is 4.79 Å². The van der Waals surface area contributed by atoms with Crippen LogP contribution in [-0.4, -0.2) is 20.0 Å². The summed E-state index contributed by atoms with van der Waals surface area (Å²) in [7, 11) is 1.68. The Morgan fingerprint density at radius 3 is 2.67 bits per heavy atom. The highest BCUT2D eigenvalue weighted by atomic mass is 16.5. The molecular formula is C15H18O3. The number of carbonyl (C=O) groups excluding carboxylic acids is 1. The summed E-state index contributed by atoms with van der Waals surface area (Å²) in [5.74, 6) is 1.14. The number of rotatable bonds is 3. The Bertz CT molecular complexity index is 522. The van der Waals surface area contributed by atoms with Crippen LogP contribution < -0.4 is 0 Å². The van der Waals surface area contributed by atoms with Crippen molar-refractivity contribution in [2.24, 2.45) is 0 Å². The largest absolute Gasteiger partial charge is 0.453 e. The van der Waals surface area contributed by atoms with Crippen LogP contribution in [0.3, 0.4) is 0 Å². The van der Waals surface area contributed by atoms with Crippen LogP contribution in [0.2, 0.25) is 0 Å². The van der Waals surface area contributed by atoms with E-state index in [0.717, 1.165) is 29.8 Å². The van der Waals surface area contributed by atoms with Crippen LogP contribution in [0.1, 0.15) is 41.8 Å². The van der Waals surface area contributed by atoms with Crippen LogP contribution >= 0.6 is 0 Å². The number of methoxy groups -OCH3 is 1. The van der Waals surface area contributed by atoms with Gasteiger partial charge in [-0.15, -0.1) is 0 Å². The Labute approximate surface area is 107 Å².